The first-order valence-electron chi connectivity index (χ1n) is 10.00. The van der Waals surface area contributed by atoms with E-state index in [2.05, 4.69) is 10.00 Å². The smallest absolute Gasteiger partial charge is 0.253 e. The Balaban J connectivity index is 1.38. The van der Waals surface area contributed by atoms with Crippen LogP contribution in [0.3, 0.4) is 0 Å². The molecule has 0 radical (unpaired) electrons. The maximum absolute atomic E-state index is 12.9. The van der Waals surface area contributed by atoms with Gasteiger partial charge in [0.05, 0.1) is 11.7 Å². The quantitative estimate of drug-likeness (QED) is 0.874. The van der Waals surface area contributed by atoms with Crippen LogP contribution in [0.25, 0.3) is 5.69 Å². The molecule has 2 amide bonds. The molecule has 7 heteroatoms. The summed E-state index contributed by atoms with van der Waals surface area (Å²) in [7, 11) is 0. The molecule has 1 atom stereocenters. The van der Waals surface area contributed by atoms with E-state index in [4.69, 9.17) is 5.73 Å². The molecular weight excluding hydrogens is 354 g/mol. The Morgan fingerprint density at radius 2 is 1.75 bits per heavy atom. The predicted octanol–water partition coefficient (Wildman–Crippen LogP) is 1.74. The van der Waals surface area contributed by atoms with Crippen LogP contribution in [0.15, 0.2) is 36.5 Å². The molecule has 1 aromatic carbocycles. The Kier molecular flexibility index (Phi) is 5.17. The molecule has 0 saturated carbocycles. The van der Waals surface area contributed by atoms with Crippen molar-refractivity contribution in [2.24, 2.45) is 5.73 Å². The van der Waals surface area contributed by atoms with Gasteiger partial charge in [-0.25, -0.2) is 4.68 Å². The number of rotatable bonds is 4. The third kappa shape index (κ3) is 3.54. The molecule has 2 saturated heterocycles. The molecule has 2 aromatic rings. The van der Waals surface area contributed by atoms with Crippen molar-refractivity contribution < 1.29 is 9.59 Å². The van der Waals surface area contributed by atoms with Crippen LogP contribution in [-0.4, -0.2) is 63.1 Å². The highest BCUT2D eigenvalue weighted by atomic mass is 16.2. The molecule has 2 aliphatic rings. The maximum atomic E-state index is 12.9. The number of benzene rings is 1. The third-order valence-corrected chi connectivity index (χ3v) is 6.03. The minimum absolute atomic E-state index is 0.0649. The van der Waals surface area contributed by atoms with Gasteiger partial charge in [0.2, 0.25) is 5.91 Å². The highest BCUT2D eigenvalue weighted by molar-refractivity contribution is 5.94. The van der Waals surface area contributed by atoms with E-state index >= 15 is 0 Å². The molecule has 2 N–H and O–H groups in total. The van der Waals surface area contributed by atoms with Crippen molar-refractivity contribution in [2.75, 3.05) is 19.6 Å². The van der Waals surface area contributed by atoms with Crippen molar-refractivity contribution >= 4 is 11.8 Å². The van der Waals surface area contributed by atoms with Crippen molar-refractivity contribution in [2.45, 2.75) is 44.7 Å². The van der Waals surface area contributed by atoms with Gasteiger partial charge in [-0.15, -0.1) is 0 Å². The highest BCUT2D eigenvalue weighted by Crippen LogP contribution is 2.26. The van der Waals surface area contributed by atoms with E-state index in [9.17, 15) is 9.59 Å². The lowest BCUT2D eigenvalue weighted by Gasteiger charge is -2.38. The van der Waals surface area contributed by atoms with Gasteiger partial charge in [-0.1, -0.05) is 0 Å². The SMILES string of the molecule is Cc1ccnn1-c1ccc(C(=O)N2CCC(N3CCCC3C(N)=O)CC2)cc1. The average Bonchev–Trinajstić information content (AvgIpc) is 3.37. The van der Waals surface area contributed by atoms with Gasteiger partial charge < -0.3 is 10.6 Å². The van der Waals surface area contributed by atoms with Crippen LogP contribution in [0.5, 0.6) is 0 Å². The molecule has 0 spiro atoms. The van der Waals surface area contributed by atoms with Gasteiger partial charge in [0, 0.05) is 36.6 Å². The monoisotopic (exact) mass is 381 g/mol. The lowest BCUT2D eigenvalue weighted by Crippen LogP contribution is -2.51. The first kappa shape index (κ1) is 18.7. The molecule has 2 fully saturated rings. The predicted molar refractivity (Wildman–Crippen MR) is 106 cm³/mol. The van der Waals surface area contributed by atoms with Crippen LogP contribution in [0.2, 0.25) is 0 Å². The molecule has 7 nitrogen and oxygen atoms in total. The summed E-state index contributed by atoms with van der Waals surface area (Å²) in [6.07, 6.45) is 5.42. The zero-order chi connectivity index (χ0) is 19.7. The summed E-state index contributed by atoms with van der Waals surface area (Å²) in [5.74, 6) is -0.154. The highest BCUT2D eigenvalue weighted by Gasteiger charge is 2.36. The second-order valence-electron chi connectivity index (χ2n) is 7.75. The summed E-state index contributed by atoms with van der Waals surface area (Å²) in [5, 5.41) is 4.30. The van der Waals surface area contributed by atoms with Gasteiger partial charge in [0.1, 0.15) is 0 Å². The number of primary amides is 1. The Hall–Kier alpha value is -2.67. The van der Waals surface area contributed by atoms with Gasteiger partial charge in [-0.2, -0.15) is 5.10 Å². The Morgan fingerprint density at radius 1 is 1.04 bits per heavy atom. The summed E-state index contributed by atoms with van der Waals surface area (Å²) in [6, 6.07) is 9.76. The summed E-state index contributed by atoms with van der Waals surface area (Å²) >= 11 is 0. The number of aryl methyl sites for hydroxylation is 1. The first-order chi connectivity index (χ1) is 13.5. The lowest BCUT2D eigenvalue weighted by molar-refractivity contribution is -0.123. The van der Waals surface area contributed by atoms with Gasteiger partial charge in [0.25, 0.3) is 5.91 Å². The minimum Gasteiger partial charge on any atom is -0.368 e. The number of carbonyl (C=O) groups excluding carboxylic acids is 2. The second kappa shape index (κ2) is 7.75. The number of hydrogen-bond donors (Lipinski definition) is 1. The molecule has 0 bridgehead atoms. The van der Waals surface area contributed by atoms with E-state index in [1.807, 2.05) is 46.8 Å². The van der Waals surface area contributed by atoms with Crippen LogP contribution in [0, 0.1) is 6.92 Å². The van der Waals surface area contributed by atoms with Crippen LogP contribution < -0.4 is 5.73 Å². The number of carbonyl (C=O) groups is 2. The van der Waals surface area contributed by atoms with Crippen LogP contribution in [0.1, 0.15) is 41.7 Å². The van der Waals surface area contributed by atoms with Crippen molar-refractivity contribution in [3.63, 3.8) is 0 Å². The van der Waals surface area contributed by atoms with Crippen molar-refractivity contribution in [3.8, 4) is 5.69 Å². The molecule has 4 rings (SSSR count). The largest absolute Gasteiger partial charge is 0.368 e. The number of nitrogens with two attached hydrogens (primary N) is 1. The lowest BCUT2D eigenvalue weighted by atomic mass is 10.0. The van der Waals surface area contributed by atoms with Gasteiger partial charge >= 0.3 is 0 Å². The van der Waals surface area contributed by atoms with E-state index < -0.39 is 0 Å². The molecule has 1 unspecified atom stereocenters. The normalized spacial score (nSPS) is 21.2. The average molecular weight is 381 g/mol. The van der Waals surface area contributed by atoms with E-state index in [0.29, 0.717) is 24.7 Å². The third-order valence-electron chi connectivity index (χ3n) is 6.03. The molecule has 148 valence electrons. The van der Waals surface area contributed by atoms with Crippen LogP contribution in [-0.2, 0) is 4.79 Å². The fraction of sp³-hybridized carbons (Fsp3) is 0.476. The fourth-order valence-corrected chi connectivity index (χ4v) is 4.50. The molecule has 0 aliphatic carbocycles. The van der Waals surface area contributed by atoms with Gasteiger partial charge in [-0.05, 0) is 69.5 Å². The molecule has 3 heterocycles. The summed E-state index contributed by atoms with van der Waals surface area (Å²) in [5.41, 5.74) is 8.25. The summed E-state index contributed by atoms with van der Waals surface area (Å²) in [4.78, 5) is 28.7. The zero-order valence-corrected chi connectivity index (χ0v) is 16.3. The van der Waals surface area contributed by atoms with Crippen LogP contribution >= 0.6 is 0 Å². The number of nitrogens with zero attached hydrogens (tertiary/aromatic N) is 4. The Morgan fingerprint density at radius 3 is 2.36 bits per heavy atom. The van der Waals surface area contributed by atoms with E-state index in [-0.39, 0.29) is 17.9 Å². The fourth-order valence-electron chi connectivity index (χ4n) is 4.50. The summed E-state index contributed by atoms with van der Waals surface area (Å²) < 4.78 is 1.85. The van der Waals surface area contributed by atoms with E-state index in [1.54, 1.807) is 6.20 Å². The molecular formula is C21H27N5O2. The number of piperidine rings is 1. The number of amides is 2. The molecule has 1 aromatic heterocycles. The van der Waals surface area contributed by atoms with Crippen LogP contribution in [0.4, 0.5) is 0 Å². The zero-order valence-electron chi connectivity index (χ0n) is 16.3. The van der Waals surface area contributed by atoms with Gasteiger partial charge in [-0.3, -0.25) is 14.5 Å². The van der Waals surface area contributed by atoms with Gasteiger partial charge in [0.15, 0.2) is 0 Å². The first-order valence-corrected chi connectivity index (χ1v) is 10.00. The topological polar surface area (TPSA) is 84.5 Å². The Labute approximate surface area is 165 Å². The molecule has 2 aliphatic heterocycles. The maximum Gasteiger partial charge on any atom is 0.253 e. The molecule has 28 heavy (non-hydrogen) atoms. The standard InChI is InChI=1S/C21H27N5O2/c1-15-8-11-23-26(15)18-6-4-16(5-7-18)21(28)24-13-9-17(10-14-24)25-12-2-3-19(25)20(22)27/h4-8,11,17,19H,2-3,9-10,12-14H2,1H3,(H2,22,27). The number of aromatic nitrogens is 2. The number of hydrogen-bond acceptors (Lipinski definition) is 4. The van der Waals surface area contributed by atoms with E-state index in [1.165, 1.54) is 0 Å². The van der Waals surface area contributed by atoms with Crippen molar-refractivity contribution in [3.05, 3.63) is 47.8 Å². The van der Waals surface area contributed by atoms with Crippen molar-refractivity contribution in [1.29, 1.82) is 0 Å². The summed E-state index contributed by atoms with van der Waals surface area (Å²) in [6.45, 7) is 4.36. The minimum atomic E-state index is -0.219. The van der Waals surface area contributed by atoms with E-state index in [0.717, 1.165) is 43.6 Å². The second-order valence-corrected chi connectivity index (χ2v) is 7.75. The number of likely N-dealkylation sites (tertiary alicyclic amines) is 2. The Bertz CT molecular complexity index is 852. The van der Waals surface area contributed by atoms with Crippen molar-refractivity contribution in [1.82, 2.24) is 19.6 Å².